The highest BCUT2D eigenvalue weighted by molar-refractivity contribution is 6.19. The summed E-state index contributed by atoms with van der Waals surface area (Å²) < 4.78 is 10.8. The predicted octanol–water partition coefficient (Wildman–Crippen LogP) is 4.20. The molecule has 2 heterocycles. The second-order valence-corrected chi connectivity index (χ2v) is 9.63. The van der Waals surface area contributed by atoms with E-state index < -0.39 is 5.41 Å². The Balaban J connectivity index is 1.52. The number of benzene rings is 2. The van der Waals surface area contributed by atoms with Crippen molar-refractivity contribution in [2.75, 3.05) is 27.3 Å². The van der Waals surface area contributed by atoms with Crippen molar-refractivity contribution in [1.82, 2.24) is 9.91 Å². The predicted molar refractivity (Wildman–Crippen MR) is 132 cm³/mol. The molecule has 0 atom stereocenters. The van der Waals surface area contributed by atoms with Gasteiger partial charge in [0.05, 0.1) is 31.4 Å². The van der Waals surface area contributed by atoms with E-state index in [1.807, 2.05) is 69.0 Å². The molecule has 7 nitrogen and oxygen atoms in total. The molecule has 0 aliphatic carbocycles. The number of ether oxygens (including phenoxy) is 2. The van der Waals surface area contributed by atoms with Crippen molar-refractivity contribution in [3.8, 4) is 11.5 Å². The molecule has 0 spiro atoms. The van der Waals surface area contributed by atoms with Gasteiger partial charge in [-0.2, -0.15) is 5.10 Å². The van der Waals surface area contributed by atoms with Crippen molar-refractivity contribution in [2.24, 2.45) is 10.5 Å². The van der Waals surface area contributed by atoms with Crippen LogP contribution in [0.15, 0.2) is 41.5 Å². The molecule has 34 heavy (non-hydrogen) atoms. The number of amides is 2. The zero-order chi connectivity index (χ0) is 24.6. The van der Waals surface area contributed by atoms with Gasteiger partial charge >= 0.3 is 0 Å². The maximum absolute atomic E-state index is 13.4. The van der Waals surface area contributed by atoms with Gasteiger partial charge in [0, 0.05) is 24.2 Å². The number of likely N-dealkylation sites (tertiary alicyclic amines) is 1. The monoisotopic (exact) mass is 463 g/mol. The maximum atomic E-state index is 13.4. The van der Waals surface area contributed by atoms with Gasteiger partial charge in [0.25, 0.3) is 11.8 Å². The number of carbonyl (C=O) groups is 2. The van der Waals surface area contributed by atoms with Crippen LogP contribution in [0.5, 0.6) is 11.5 Å². The van der Waals surface area contributed by atoms with E-state index in [1.54, 1.807) is 19.2 Å². The van der Waals surface area contributed by atoms with Gasteiger partial charge in [-0.25, -0.2) is 5.01 Å². The van der Waals surface area contributed by atoms with Gasteiger partial charge in [0.15, 0.2) is 11.5 Å². The van der Waals surface area contributed by atoms with Crippen LogP contribution in [0.2, 0.25) is 0 Å². The Kier molecular flexibility index (Phi) is 6.39. The molecule has 2 aliphatic rings. The van der Waals surface area contributed by atoms with E-state index in [4.69, 9.17) is 14.6 Å². The van der Waals surface area contributed by atoms with Crippen LogP contribution in [0, 0.1) is 19.3 Å². The van der Waals surface area contributed by atoms with Gasteiger partial charge in [0.2, 0.25) is 0 Å². The molecule has 2 aromatic carbocycles. The van der Waals surface area contributed by atoms with Gasteiger partial charge in [-0.15, -0.1) is 0 Å². The van der Waals surface area contributed by atoms with E-state index in [2.05, 4.69) is 0 Å². The zero-order valence-corrected chi connectivity index (χ0v) is 20.8. The number of nitrogens with zero attached hydrogens (tertiary/aromatic N) is 3. The van der Waals surface area contributed by atoms with Crippen LogP contribution in [-0.2, 0) is 4.79 Å². The van der Waals surface area contributed by atoms with Crippen LogP contribution in [0.1, 0.15) is 53.7 Å². The van der Waals surface area contributed by atoms with Gasteiger partial charge in [0.1, 0.15) is 0 Å². The molecule has 2 aromatic rings. The summed E-state index contributed by atoms with van der Waals surface area (Å²) in [5.41, 5.74) is 3.61. The fraction of sp³-hybridized carbons (Fsp3) is 0.444. The van der Waals surface area contributed by atoms with Crippen molar-refractivity contribution in [1.29, 1.82) is 0 Å². The molecule has 0 N–H and O–H groups in total. The van der Waals surface area contributed by atoms with Gasteiger partial charge in [-0.05, 0) is 70.4 Å². The Morgan fingerprint density at radius 3 is 2.32 bits per heavy atom. The Morgan fingerprint density at radius 1 is 1.00 bits per heavy atom. The first kappa shape index (κ1) is 23.8. The van der Waals surface area contributed by atoms with Crippen LogP contribution in [0.25, 0.3) is 0 Å². The molecule has 0 saturated carbocycles. The molecular weight excluding hydrogens is 430 g/mol. The van der Waals surface area contributed by atoms with Crippen LogP contribution in [0.4, 0.5) is 0 Å². The number of hydrazone groups is 1. The van der Waals surface area contributed by atoms with Crippen LogP contribution in [0.3, 0.4) is 0 Å². The molecule has 180 valence electrons. The van der Waals surface area contributed by atoms with Crippen LogP contribution >= 0.6 is 0 Å². The number of rotatable bonds is 5. The first-order valence-electron chi connectivity index (χ1n) is 11.7. The lowest BCUT2D eigenvalue weighted by Crippen LogP contribution is -2.47. The summed E-state index contributed by atoms with van der Waals surface area (Å²) in [7, 11) is 3.19. The molecule has 7 heteroatoms. The van der Waals surface area contributed by atoms with Crippen molar-refractivity contribution < 1.29 is 19.1 Å². The van der Waals surface area contributed by atoms with Crippen molar-refractivity contribution in [2.45, 2.75) is 46.6 Å². The number of methoxy groups -OCH3 is 2. The highest BCUT2D eigenvalue weighted by atomic mass is 16.5. The average Bonchev–Trinajstić information content (AvgIpc) is 3.08. The number of piperidine rings is 1. The van der Waals surface area contributed by atoms with Crippen LogP contribution < -0.4 is 9.47 Å². The lowest BCUT2D eigenvalue weighted by Gasteiger charge is -2.35. The summed E-state index contributed by atoms with van der Waals surface area (Å²) >= 11 is 0. The third-order valence-corrected chi connectivity index (χ3v) is 6.92. The number of hydrogen-bond donors (Lipinski definition) is 0. The minimum absolute atomic E-state index is 0.0170. The highest BCUT2D eigenvalue weighted by Gasteiger charge is 2.47. The van der Waals surface area contributed by atoms with E-state index in [0.717, 1.165) is 22.3 Å². The average molecular weight is 464 g/mol. The number of carbonyl (C=O) groups excluding carboxylic acids is 2. The van der Waals surface area contributed by atoms with E-state index in [-0.39, 0.29) is 17.9 Å². The lowest BCUT2D eigenvalue weighted by molar-refractivity contribution is -0.137. The van der Waals surface area contributed by atoms with E-state index in [1.165, 1.54) is 0 Å². The Morgan fingerprint density at radius 2 is 1.68 bits per heavy atom. The van der Waals surface area contributed by atoms with Crippen molar-refractivity contribution >= 4 is 17.5 Å². The SMILES string of the molecule is COc1ccc(C2=NN(C3CCN(C(=O)c4cc(C)ccc4C)CC3)C(=O)C2(C)C)cc1OC. The van der Waals surface area contributed by atoms with E-state index in [9.17, 15) is 9.59 Å². The zero-order valence-electron chi connectivity index (χ0n) is 20.8. The first-order valence-corrected chi connectivity index (χ1v) is 11.7. The lowest BCUT2D eigenvalue weighted by atomic mass is 9.83. The standard InChI is InChI=1S/C27H33N3O4/c1-17-7-8-18(2)21(15-17)25(31)29-13-11-20(12-14-29)30-26(32)27(3,4)24(28-30)19-9-10-22(33-5)23(16-19)34-6/h7-10,15-16,20H,11-14H2,1-6H3. The highest BCUT2D eigenvalue weighted by Crippen LogP contribution is 2.37. The van der Waals surface area contributed by atoms with E-state index in [0.29, 0.717) is 43.1 Å². The molecule has 0 unspecified atom stereocenters. The molecule has 1 saturated heterocycles. The first-order chi connectivity index (χ1) is 16.2. The Bertz CT molecular complexity index is 1150. The minimum atomic E-state index is -0.759. The van der Waals surface area contributed by atoms with Crippen molar-refractivity contribution in [3.63, 3.8) is 0 Å². The quantitative estimate of drug-likeness (QED) is 0.666. The molecule has 1 fully saturated rings. The largest absolute Gasteiger partial charge is 0.493 e. The van der Waals surface area contributed by atoms with Gasteiger partial charge < -0.3 is 14.4 Å². The summed E-state index contributed by atoms with van der Waals surface area (Å²) in [6, 6.07) is 11.5. The molecule has 2 aliphatic heterocycles. The summed E-state index contributed by atoms with van der Waals surface area (Å²) in [4.78, 5) is 28.4. The summed E-state index contributed by atoms with van der Waals surface area (Å²) in [5, 5.41) is 6.45. The Hall–Kier alpha value is -3.35. The molecule has 0 radical (unpaired) electrons. The third-order valence-electron chi connectivity index (χ3n) is 6.92. The second-order valence-electron chi connectivity index (χ2n) is 9.63. The number of hydrogen-bond acceptors (Lipinski definition) is 5. The molecule has 2 amide bonds. The normalized spacial score (nSPS) is 18.2. The Labute approximate surface area is 201 Å². The third kappa shape index (κ3) is 4.15. The molecule has 0 aromatic heterocycles. The summed E-state index contributed by atoms with van der Waals surface area (Å²) in [6.07, 6.45) is 1.39. The van der Waals surface area contributed by atoms with Crippen molar-refractivity contribution in [3.05, 3.63) is 58.7 Å². The topological polar surface area (TPSA) is 71.4 Å². The van der Waals surface area contributed by atoms with Gasteiger partial charge in [-0.1, -0.05) is 17.7 Å². The molecule has 4 rings (SSSR count). The van der Waals surface area contributed by atoms with Crippen LogP contribution in [-0.4, -0.2) is 60.8 Å². The maximum Gasteiger partial charge on any atom is 0.254 e. The molecule has 0 bridgehead atoms. The second kappa shape index (κ2) is 9.12. The van der Waals surface area contributed by atoms with E-state index >= 15 is 0 Å². The molecular formula is C27H33N3O4. The van der Waals surface area contributed by atoms with Gasteiger partial charge in [-0.3, -0.25) is 9.59 Å². The number of aryl methyl sites for hydroxylation is 2. The minimum Gasteiger partial charge on any atom is -0.493 e. The summed E-state index contributed by atoms with van der Waals surface area (Å²) in [5.74, 6) is 1.27. The fourth-order valence-electron chi connectivity index (χ4n) is 4.77. The smallest absolute Gasteiger partial charge is 0.254 e. The fourth-order valence-corrected chi connectivity index (χ4v) is 4.77. The summed E-state index contributed by atoms with van der Waals surface area (Å²) in [6.45, 7) is 8.98.